The van der Waals surface area contributed by atoms with Gasteiger partial charge in [0.15, 0.2) is 0 Å². The lowest BCUT2D eigenvalue weighted by atomic mass is 10.1. The minimum Gasteiger partial charge on any atom is -0.481 e. The van der Waals surface area contributed by atoms with Crippen LogP contribution in [0.4, 0.5) is 16.3 Å². The topological polar surface area (TPSA) is 132 Å². The van der Waals surface area contributed by atoms with Crippen molar-refractivity contribution in [2.45, 2.75) is 32.1 Å². The van der Waals surface area contributed by atoms with Crippen molar-refractivity contribution >= 4 is 23.4 Å². The number of ether oxygens (including phenoxy) is 3. The monoisotopic (exact) mass is 419 g/mol. The third-order valence-corrected chi connectivity index (χ3v) is 4.78. The van der Waals surface area contributed by atoms with Crippen molar-refractivity contribution in [3.05, 3.63) is 53.2 Å². The second-order valence-electron chi connectivity index (χ2n) is 6.89. The van der Waals surface area contributed by atoms with E-state index in [0.717, 1.165) is 12.0 Å². The summed E-state index contributed by atoms with van der Waals surface area (Å²) < 4.78 is 15.9. The van der Waals surface area contributed by atoms with E-state index in [0.29, 0.717) is 24.5 Å². The SMILES string of the molecule is CC[C@@H](NC(=O)Nc1cc(N)c(C(=N)OC)c(COC2COC2)n1)c1ccccc1.[HH].[HH].[HH]. The predicted molar refractivity (Wildman–Crippen MR) is 120 cm³/mol. The first-order valence-electron chi connectivity index (χ1n) is 9.75. The number of rotatable bonds is 8. The average Bonchev–Trinajstić information content (AvgIpc) is 2.70. The van der Waals surface area contributed by atoms with E-state index in [9.17, 15) is 4.79 Å². The number of nitrogens with one attached hydrogen (secondary N) is 3. The largest absolute Gasteiger partial charge is 0.481 e. The van der Waals surface area contributed by atoms with Crippen LogP contribution < -0.4 is 16.4 Å². The van der Waals surface area contributed by atoms with Crippen LogP contribution in [0.15, 0.2) is 36.4 Å². The second kappa shape index (κ2) is 10.0. The zero-order valence-corrected chi connectivity index (χ0v) is 17.1. The molecule has 0 spiro atoms. The highest BCUT2D eigenvalue weighted by atomic mass is 16.6. The Morgan fingerprint density at radius 1 is 1.40 bits per heavy atom. The lowest BCUT2D eigenvalue weighted by Gasteiger charge is -2.26. The predicted octanol–water partition coefficient (Wildman–Crippen LogP) is 3.56. The molecule has 0 unspecified atom stereocenters. The maximum absolute atomic E-state index is 12.6. The molecule has 166 valence electrons. The molecule has 1 aromatic carbocycles. The van der Waals surface area contributed by atoms with Gasteiger partial charge in [-0.05, 0) is 12.0 Å². The third-order valence-electron chi connectivity index (χ3n) is 4.78. The van der Waals surface area contributed by atoms with E-state index in [4.69, 9.17) is 25.4 Å². The Hall–Kier alpha value is -3.17. The number of hydrogen-bond acceptors (Lipinski definition) is 7. The van der Waals surface area contributed by atoms with Crippen LogP contribution in [0.1, 0.15) is 40.5 Å². The molecule has 1 aliphatic rings. The van der Waals surface area contributed by atoms with Crippen LogP contribution in [0.25, 0.3) is 0 Å². The van der Waals surface area contributed by atoms with E-state index >= 15 is 0 Å². The number of hydrogen-bond donors (Lipinski definition) is 4. The zero-order valence-electron chi connectivity index (χ0n) is 17.1. The molecule has 2 heterocycles. The number of urea groups is 1. The van der Waals surface area contributed by atoms with Crippen LogP contribution in [0.2, 0.25) is 0 Å². The molecule has 3 rings (SSSR count). The molecule has 0 saturated carbocycles. The molecule has 1 aromatic heterocycles. The van der Waals surface area contributed by atoms with Crippen molar-refractivity contribution in [3.63, 3.8) is 0 Å². The van der Waals surface area contributed by atoms with Crippen LogP contribution >= 0.6 is 0 Å². The highest BCUT2D eigenvalue weighted by Gasteiger charge is 2.22. The molecule has 0 aliphatic carbocycles. The van der Waals surface area contributed by atoms with Crippen LogP contribution in [0, 0.1) is 5.41 Å². The summed E-state index contributed by atoms with van der Waals surface area (Å²) in [6, 6.07) is 10.7. The van der Waals surface area contributed by atoms with E-state index in [1.807, 2.05) is 37.3 Å². The zero-order chi connectivity index (χ0) is 21.5. The Kier molecular flexibility index (Phi) is 7.21. The first-order chi connectivity index (χ1) is 14.5. The van der Waals surface area contributed by atoms with Gasteiger partial charge in [-0.25, -0.2) is 9.78 Å². The van der Waals surface area contributed by atoms with Crippen LogP contribution in [-0.2, 0) is 20.8 Å². The Labute approximate surface area is 179 Å². The quantitative estimate of drug-likeness (QED) is 0.382. The van der Waals surface area contributed by atoms with Gasteiger partial charge in [0, 0.05) is 16.0 Å². The number of nitrogens with zero attached hydrogens (tertiary/aromatic N) is 1. The molecule has 9 heteroatoms. The molecule has 5 N–H and O–H groups in total. The summed E-state index contributed by atoms with van der Waals surface area (Å²) in [5.41, 5.74) is 8.18. The fourth-order valence-electron chi connectivity index (χ4n) is 3.08. The van der Waals surface area contributed by atoms with Crippen molar-refractivity contribution in [2.75, 3.05) is 31.4 Å². The number of pyridine rings is 1. The summed E-state index contributed by atoms with van der Waals surface area (Å²) in [5, 5.41) is 13.7. The summed E-state index contributed by atoms with van der Waals surface area (Å²) in [6.07, 6.45) is 0.716. The molecule has 1 fully saturated rings. The molecule has 2 amide bonds. The van der Waals surface area contributed by atoms with Gasteiger partial charge in [0.25, 0.3) is 0 Å². The Morgan fingerprint density at radius 2 is 2.13 bits per heavy atom. The van der Waals surface area contributed by atoms with Crippen LogP contribution in [0.5, 0.6) is 0 Å². The average molecular weight is 420 g/mol. The van der Waals surface area contributed by atoms with E-state index in [1.165, 1.54) is 13.2 Å². The summed E-state index contributed by atoms with van der Waals surface area (Å²) in [4.78, 5) is 17.0. The van der Waals surface area contributed by atoms with Gasteiger partial charge in [-0.2, -0.15) is 0 Å². The van der Waals surface area contributed by atoms with E-state index in [-0.39, 0.29) is 40.4 Å². The second-order valence-corrected chi connectivity index (χ2v) is 6.89. The fourth-order valence-corrected chi connectivity index (χ4v) is 3.08. The summed E-state index contributed by atoms with van der Waals surface area (Å²) in [5.74, 6) is 0.151. The third kappa shape index (κ3) is 5.25. The van der Waals surface area contributed by atoms with Gasteiger partial charge >= 0.3 is 6.03 Å². The molecule has 30 heavy (non-hydrogen) atoms. The fraction of sp³-hybridized carbons (Fsp3) is 0.381. The number of benzene rings is 1. The van der Waals surface area contributed by atoms with Crippen LogP contribution in [0.3, 0.4) is 0 Å². The number of nitrogens with two attached hydrogens (primary N) is 1. The lowest BCUT2D eigenvalue weighted by Crippen LogP contribution is -2.36. The number of anilines is 2. The standard InChI is InChI=1S/C21H27N5O4.3H2/c1-3-16(13-7-5-4-6-8-13)25-21(27)26-18-9-15(22)19(20(23)28-2)17(24-18)12-30-14-10-29-11-14;;;/h4-9,14,16,23H,3,10-12H2,1-2H3,(H4,22,24,25,26,27);3*1H/t16-;;;/m1.../s1. The smallest absolute Gasteiger partial charge is 0.320 e. The van der Waals surface area contributed by atoms with Gasteiger partial charge in [-0.15, -0.1) is 0 Å². The molecule has 2 aromatic rings. The number of nitrogen functional groups attached to an aromatic ring is 1. The molecule has 9 nitrogen and oxygen atoms in total. The van der Waals surface area contributed by atoms with Crippen molar-refractivity contribution in [3.8, 4) is 0 Å². The molecule has 0 bridgehead atoms. The highest BCUT2D eigenvalue weighted by molar-refractivity contribution is 5.99. The van der Waals surface area contributed by atoms with Gasteiger partial charge in [0.05, 0.1) is 44.2 Å². The minimum atomic E-state index is -0.397. The van der Waals surface area contributed by atoms with Crippen LogP contribution in [-0.4, -0.2) is 43.3 Å². The number of aromatic nitrogens is 1. The molecule has 0 radical (unpaired) electrons. The molecule has 1 aliphatic heterocycles. The van der Waals surface area contributed by atoms with Gasteiger partial charge in [-0.3, -0.25) is 10.7 Å². The Morgan fingerprint density at radius 3 is 2.73 bits per heavy atom. The number of methoxy groups -OCH3 is 1. The summed E-state index contributed by atoms with van der Waals surface area (Å²) in [6.45, 7) is 3.16. The lowest BCUT2D eigenvalue weighted by molar-refractivity contribution is -0.135. The first-order valence-corrected chi connectivity index (χ1v) is 9.75. The van der Waals surface area contributed by atoms with Gasteiger partial charge in [0.1, 0.15) is 11.9 Å². The first kappa shape index (κ1) is 21.5. The minimum absolute atomic E-state index is 0. The molecular weight excluding hydrogens is 386 g/mol. The Bertz CT molecular complexity index is 901. The maximum Gasteiger partial charge on any atom is 0.320 e. The number of amides is 2. The summed E-state index contributed by atoms with van der Waals surface area (Å²) in [7, 11) is 1.39. The number of carbonyl (C=O) groups is 1. The van der Waals surface area contributed by atoms with E-state index in [2.05, 4.69) is 15.6 Å². The normalized spacial score (nSPS) is 14.5. The number of carbonyl (C=O) groups excluding carboxylic acids is 1. The van der Waals surface area contributed by atoms with Crippen molar-refractivity contribution in [2.24, 2.45) is 0 Å². The van der Waals surface area contributed by atoms with E-state index < -0.39 is 6.03 Å². The van der Waals surface area contributed by atoms with Gasteiger partial charge in [-0.1, -0.05) is 37.3 Å². The molecule has 1 atom stereocenters. The van der Waals surface area contributed by atoms with Crippen molar-refractivity contribution in [1.29, 1.82) is 5.41 Å². The summed E-state index contributed by atoms with van der Waals surface area (Å²) >= 11 is 0. The maximum atomic E-state index is 12.6. The van der Waals surface area contributed by atoms with E-state index in [1.54, 1.807) is 0 Å². The molecular formula is C21H33N5O4. The van der Waals surface area contributed by atoms with Gasteiger partial charge < -0.3 is 25.3 Å². The molecule has 1 saturated heterocycles. The van der Waals surface area contributed by atoms with Crippen molar-refractivity contribution in [1.82, 2.24) is 10.3 Å². The Balaban J connectivity index is 0.00000341. The van der Waals surface area contributed by atoms with Gasteiger partial charge in [0.2, 0.25) is 5.90 Å². The van der Waals surface area contributed by atoms with Crippen molar-refractivity contribution < 1.29 is 23.3 Å². The highest BCUT2D eigenvalue weighted by Crippen LogP contribution is 2.23.